The highest BCUT2D eigenvalue weighted by molar-refractivity contribution is 7.92. The number of amides is 2. The average Bonchev–Trinajstić information content (AvgIpc) is 2.98. The van der Waals surface area contributed by atoms with Gasteiger partial charge in [0.25, 0.3) is 21.8 Å². The number of benzene rings is 3. The number of carbonyl (C=O) groups excluding carboxylic acids is 2. The second-order valence-corrected chi connectivity index (χ2v) is 11.4. The van der Waals surface area contributed by atoms with E-state index in [1.807, 2.05) is 0 Å². The highest BCUT2D eigenvalue weighted by atomic mass is 35.5. The van der Waals surface area contributed by atoms with Gasteiger partial charge in [-0.25, -0.2) is 13.4 Å². The first kappa shape index (κ1) is 30.4. The summed E-state index contributed by atoms with van der Waals surface area (Å²) < 4.78 is 35.0. The zero-order valence-corrected chi connectivity index (χ0v) is 24.8. The molecule has 0 bridgehead atoms. The van der Waals surface area contributed by atoms with Gasteiger partial charge in [0, 0.05) is 44.6 Å². The number of hydrogen-bond donors (Lipinski definition) is 3. The van der Waals surface area contributed by atoms with Crippen molar-refractivity contribution in [1.29, 1.82) is 0 Å². The fraction of sp³-hybridized carbons (Fsp3) is 0.167. The summed E-state index contributed by atoms with van der Waals surface area (Å²) in [5.41, 5.74) is 3.04. The maximum Gasteiger partial charge on any atom is 0.265 e. The number of anilines is 2. The number of pyridine rings is 1. The van der Waals surface area contributed by atoms with Crippen molar-refractivity contribution in [3.63, 3.8) is 0 Å². The van der Waals surface area contributed by atoms with E-state index >= 15 is 0 Å². The molecule has 0 spiro atoms. The molecule has 0 aliphatic rings. The summed E-state index contributed by atoms with van der Waals surface area (Å²) in [6.45, 7) is 0.677. The molecule has 42 heavy (non-hydrogen) atoms. The first-order valence-corrected chi connectivity index (χ1v) is 14.7. The second-order valence-electron chi connectivity index (χ2n) is 9.36. The van der Waals surface area contributed by atoms with Crippen molar-refractivity contribution in [1.82, 2.24) is 15.2 Å². The van der Waals surface area contributed by atoms with Gasteiger partial charge < -0.3 is 20.3 Å². The highest BCUT2D eigenvalue weighted by Crippen LogP contribution is 2.32. The van der Waals surface area contributed by atoms with Crippen molar-refractivity contribution in [2.24, 2.45) is 0 Å². The molecule has 3 aromatic carbocycles. The minimum absolute atomic E-state index is 0.0537. The first-order chi connectivity index (χ1) is 20.1. The topological polar surface area (TPSA) is 130 Å². The Kier molecular flexibility index (Phi) is 9.66. The fourth-order valence-electron chi connectivity index (χ4n) is 4.09. The number of rotatable bonds is 11. The predicted molar refractivity (Wildman–Crippen MR) is 164 cm³/mol. The zero-order chi connectivity index (χ0) is 30.3. The van der Waals surface area contributed by atoms with E-state index in [1.54, 1.807) is 86.9 Å². The van der Waals surface area contributed by atoms with Crippen LogP contribution < -0.4 is 20.1 Å². The van der Waals surface area contributed by atoms with Gasteiger partial charge >= 0.3 is 0 Å². The van der Waals surface area contributed by atoms with Crippen LogP contribution in [0.3, 0.4) is 0 Å². The maximum absolute atomic E-state index is 13.5. The van der Waals surface area contributed by atoms with Gasteiger partial charge in [0.1, 0.15) is 15.8 Å². The molecule has 3 N–H and O–H groups in total. The smallest absolute Gasteiger partial charge is 0.265 e. The molecule has 0 atom stereocenters. The molecule has 12 heteroatoms. The Balaban J connectivity index is 1.47. The second kappa shape index (κ2) is 13.4. The summed E-state index contributed by atoms with van der Waals surface area (Å²) in [6.07, 6.45) is 1.50. The number of ether oxygens (including phenoxy) is 1. The number of carbonyl (C=O) groups is 2. The number of halogens is 1. The molecule has 0 fully saturated rings. The SMILES string of the molecule is COc1ccc(-c2cccc(C(=O)N(C)C)c2)cc1S(=O)(=O)Nc1cccc(NCCNC(=O)c2cccnc2Cl)c1. The largest absolute Gasteiger partial charge is 0.495 e. The van der Waals surface area contributed by atoms with E-state index in [1.165, 1.54) is 24.3 Å². The van der Waals surface area contributed by atoms with E-state index in [0.29, 0.717) is 41.2 Å². The lowest BCUT2D eigenvalue weighted by atomic mass is 10.0. The molecule has 10 nitrogen and oxygen atoms in total. The third-order valence-electron chi connectivity index (χ3n) is 6.16. The Hall–Kier alpha value is -4.61. The third kappa shape index (κ3) is 7.36. The Morgan fingerprint density at radius 3 is 2.38 bits per heavy atom. The Bertz CT molecular complexity index is 1710. The normalized spacial score (nSPS) is 11.0. The van der Waals surface area contributed by atoms with Crippen LogP contribution >= 0.6 is 11.6 Å². The lowest BCUT2D eigenvalue weighted by Gasteiger charge is -2.15. The van der Waals surface area contributed by atoms with E-state index in [0.717, 1.165) is 0 Å². The molecule has 1 heterocycles. The number of methoxy groups -OCH3 is 1. The van der Waals surface area contributed by atoms with Crippen molar-refractivity contribution >= 4 is 44.8 Å². The number of hydrogen-bond acceptors (Lipinski definition) is 7. The molecule has 0 saturated heterocycles. The van der Waals surface area contributed by atoms with Crippen molar-refractivity contribution < 1.29 is 22.7 Å². The van der Waals surface area contributed by atoms with Gasteiger partial charge in [-0.05, 0) is 65.7 Å². The fourth-order valence-corrected chi connectivity index (χ4v) is 5.54. The first-order valence-electron chi connectivity index (χ1n) is 12.8. The molecule has 1 aromatic heterocycles. The molecule has 0 unspecified atom stereocenters. The van der Waals surface area contributed by atoms with Crippen molar-refractivity contribution in [2.45, 2.75) is 4.90 Å². The van der Waals surface area contributed by atoms with Gasteiger partial charge in [0.15, 0.2) is 0 Å². The average molecular weight is 608 g/mol. The van der Waals surface area contributed by atoms with Crippen molar-refractivity contribution in [3.8, 4) is 16.9 Å². The Labute approximate surface area is 249 Å². The summed E-state index contributed by atoms with van der Waals surface area (Å²) in [5, 5.41) is 6.04. The molecule has 2 amide bonds. The van der Waals surface area contributed by atoms with E-state index in [4.69, 9.17) is 16.3 Å². The Morgan fingerprint density at radius 1 is 0.905 bits per heavy atom. The van der Waals surface area contributed by atoms with Crippen LogP contribution in [0.5, 0.6) is 5.75 Å². The standard InChI is InChI=1S/C30H30ClN5O5S/c1-36(2)30(38)22-8-4-7-20(17-22)21-12-13-26(41-3)27(18-21)42(39,40)35-24-10-5-9-23(19-24)32-15-16-34-29(37)25-11-6-14-33-28(25)31/h4-14,17-19,32,35H,15-16H2,1-3H3,(H,34,37). The lowest BCUT2D eigenvalue weighted by Crippen LogP contribution is -2.29. The number of aromatic nitrogens is 1. The van der Waals surface area contributed by atoms with E-state index < -0.39 is 10.0 Å². The van der Waals surface area contributed by atoms with Crippen molar-refractivity contribution in [2.75, 3.05) is 44.3 Å². The minimum atomic E-state index is -4.07. The number of nitrogens with one attached hydrogen (secondary N) is 3. The maximum atomic E-state index is 13.5. The summed E-state index contributed by atoms with van der Waals surface area (Å²) in [5.74, 6) is -0.331. The van der Waals surface area contributed by atoms with Crippen molar-refractivity contribution in [3.05, 3.63) is 101 Å². The quantitative estimate of drug-likeness (QED) is 0.166. The van der Waals surface area contributed by atoms with Gasteiger partial charge in [-0.15, -0.1) is 0 Å². The van der Waals surface area contributed by atoms with Crippen LogP contribution in [0.15, 0.2) is 90.0 Å². The van der Waals surface area contributed by atoms with Gasteiger partial charge in [-0.3, -0.25) is 14.3 Å². The molecule has 4 rings (SSSR count). The van der Waals surface area contributed by atoms with Crippen LogP contribution in [0.4, 0.5) is 11.4 Å². The van der Waals surface area contributed by atoms with Gasteiger partial charge in [-0.1, -0.05) is 35.9 Å². The molecule has 0 saturated carbocycles. The molecule has 4 aromatic rings. The molecule has 0 aliphatic carbocycles. The highest BCUT2D eigenvalue weighted by Gasteiger charge is 2.21. The molecular formula is C30H30ClN5O5S. The van der Waals surface area contributed by atoms with Crippen LogP contribution in [0.2, 0.25) is 5.15 Å². The Morgan fingerprint density at radius 2 is 1.64 bits per heavy atom. The van der Waals surface area contributed by atoms with Crippen LogP contribution in [-0.2, 0) is 10.0 Å². The minimum Gasteiger partial charge on any atom is -0.495 e. The zero-order valence-electron chi connectivity index (χ0n) is 23.2. The van der Waals surface area contributed by atoms with Gasteiger partial charge in [0.2, 0.25) is 0 Å². The van der Waals surface area contributed by atoms with Gasteiger partial charge in [-0.2, -0.15) is 0 Å². The summed E-state index contributed by atoms with van der Waals surface area (Å²) >= 11 is 5.96. The molecule has 218 valence electrons. The molecular weight excluding hydrogens is 578 g/mol. The van der Waals surface area contributed by atoms with Crippen LogP contribution in [0.1, 0.15) is 20.7 Å². The third-order valence-corrected chi connectivity index (χ3v) is 7.86. The summed E-state index contributed by atoms with van der Waals surface area (Å²) in [4.78, 5) is 30.1. The molecule has 0 radical (unpaired) electrons. The number of nitrogens with zero attached hydrogens (tertiary/aromatic N) is 2. The predicted octanol–water partition coefficient (Wildman–Crippen LogP) is 4.76. The van der Waals surface area contributed by atoms with Crippen LogP contribution in [0, 0.1) is 0 Å². The monoisotopic (exact) mass is 607 g/mol. The molecule has 0 aliphatic heterocycles. The van der Waals surface area contributed by atoms with Gasteiger partial charge in [0.05, 0.1) is 18.4 Å². The van der Waals surface area contributed by atoms with E-state index in [-0.39, 0.29) is 33.2 Å². The van der Waals surface area contributed by atoms with E-state index in [9.17, 15) is 18.0 Å². The van der Waals surface area contributed by atoms with Crippen LogP contribution in [-0.4, -0.2) is 64.4 Å². The summed E-state index contributed by atoms with van der Waals surface area (Å²) in [6, 6.07) is 21.8. The van der Waals surface area contributed by atoms with E-state index in [2.05, 4.69) is 20.3 Å². The lowest BCUT2D eigenvalue weighted by molar-refractivity contribution is 0.0827. The van der Waals surface area contributed by atoms with Crippen LogP contribution in [0.25, 0.3) is 11.1 Å². The summed E-state index contributed by atoms with van der Waals surface area (Å²) in [7, 11) is 0.667. The number of sulfonamides is 1.